The number of H-pyrrole nitrogens is 1. The molecule has 1 saturated carbocycles. The van der Waals surface area contributed by atoms with Crippen molar-refractivity contribution in [2.24, 2.45) is 0 Å². The van der Waals surface area contributed by atoms with Gasteiger partial charge in [0.05, 0.1) is 0 Å². The largest absolute Gasteiger partial charge is 0.296 e. The third-order valence-electron chi connectivity index (χ3n) is 2.45. The van der Waals surface area contributed by atoms with Crippen LogP contribution in [-0.2, 0) is 0 Å². The lowest BCUT2D eigenvalue weighted by molar-refractivity contribution is 0.431. The Bertz CT molecular complexity index is 296. The summed E-state index contributed by atoms with van der Waals surface area (Å²) in [5.74, 6) is 1.79. The highest BCUT2D eigenvalue weighted by Gasteiger charge is 2.17. The predicted octanol–water partition coefficient (Wildman–Crippen LogP) is 3.25. The second-order valence-electron chi connectivity index (χ2n) is 3.30. The lowest BCUT2D eigenvalue weighted by atomic mass is 9.89. The fraction of sp³-hybridized carbons (Fsp3) is 0.750. The average molecular weight is 200 g/mol. The zero-order chi connectivity index (χ0) is 8.39. The van der Waals surface area contributed by atoms with E-state index in [1.54, 1.807) is 0 Å². The quantitative estimate of drug-likeness (QED) is 0.705. The first-order valence-corrected chi connectivity index (χ1v) is 5.64. The normalized spacial score (nSPS) is 19.7. The van der Waals surface area contributed by atoms with E-state index in [0.717, 1.165) is 9.78 Å². The molecule has 1 aromatic rings. The minimum absolute atomic E-state index is 0.659. The fourth-order valence-electron chi connectivity index (χ4n) is 1.79. The van der Waals surface area contributed by atoms with Crippen LogP contribution in [0.15, 0.2) is 0 Å². The van der Waals surface area contributed by atoms with Gasteiger partial charge in [-0.25, -0.2) is 4.98 Å². The number of hydrogen-bond acceptors (Lipinski definition) is 3. The van der Waals surface area contributed by atoms with Gasteiger partial charge in [0.1, 0.15) is 5.82 Å². The number of nitrogens with one attached hydrogen (secondary N) is 1. The van der Waals surface area contributed by atoms with Gasteiger partial charge in [0, 0.05) is 5.92 Å². The Labute approximate surface area is 81.2 Å². The number of aromatic amines is 1. The van der Waals surface area contributed by atoms with Crippen molar-refractivity contribution in [3.05, 3.63) is 9.78 Å². The summed E-state index contributed by atoms with van der Waals surface area (Å²) in [6.07, 6.45) is 6.66. The van der Waals surface area contributed by atoms with Crippen molar-refractivity contribution in [2.75, 3.05) is 0 Å². The van der Waals surface area contributed by atoms with Crippen LogP contribution in [0.2, 0.25) is 0 Å². The first-order valence-electron chi connectivity index (χ1n) is 4.41. The van der Waals surface area contributed by atoms with Gasteiger partial charge in [-0.2, -0.15) is 0 Å². The Morgan fingerprint density at radius 3 is 2.67 bits per heavy atom. The van der Waals surface area contributed by atoms with E-state index in [-0.39, 0.29) is 0 Å². The van der Waals surface area contributed by atoms with Crippen LogP contribution in [0.5, 0.6) is 0 Å². The monoisotopic (exact) mass is 200 g/mol. The maximum absolute atomic E-state index is 4.98. The van der Waals surface area contributed by atoms with Gasteiger partial charge in [-0.1, -0.05) is 19.3 Å². The number of aromatic nitrogens is 2. The maximum Gasteiger partial charge on any atom is 0.198 e. The summed E-state index contributed by atoms with van der Waals surface area (Å²) in [6, 6.07) is 0. The zero-order valence-corrected chi connectivity index (χ0v) is 8.51. The highest BCUT2D eigenvalue weighted by molar-refractivity contribution is 7.73. The molecule has 2 nitrogen and oxygen atoms in total. The summed E-state index contributed by atoms with van der Waals surface area (Å²) >= 11 is 6.46. The highest BCUT2D eigenvalue weighted by atomic mass is 32.2. The van der Waals surface area contributed by atoms with Gasteiger partial charge in [0.2, 0.25) is 0 Å². The Hall–Kier alpha value is -0.220. The molecule has 0 spiro atoms. The molecule has 0 saturated heterocycles. The van der Waals surface area contributed by atoms with Crippen molar-refractivity contribution in [3.63, 3.8) is 0 Å². The molecule has 1 aliphatic rings. The first kappa shape index (κ1) is 8.38. The fourth-order valence-corrected chi connectivity index (χ4v) is 2.56. The third kappa shape index (κ3) is 1.75. The van der Waals surface area contributed by atoms with E-state index in [1.807, 2.05) is 0 Å². The molecule has 1 N–H and O–H groups in total. The van der Waals surface area contributed by atoms with Crippen LogP contribution in [0.4, 0.5) is 0 Å². The number of rotatable bonds is 1. The first-order chi connectivity index (χ1) is 5.86. The summed E-state index contributed by atoms with van der Waals surface area (Å²) in [5, 5.41) is 0. The van der Waals surface area contributed by atoms with Gasteiger partial charge in [-0.05, 0) is 36.6 Å². The lowest BCUT2D eigenvalue weighted by Gasteiger charge is -2.18. The molecule has 0 aliphatic heterocycles. The van der Waals surface area contributed by atoms with Crippen molar-refractivity contribution in [1.82, 2.24) is 9.36 Å². The van der Waals surface area contributed by atoms with E-state index in [1.165, 1.54) is 43.6 Å². The van der Waals surface area contributed by atoms with Gasteiger partial charge in [0.15, 0.2) is 3.95 Å². The molecule has 2 rings (SSSR count). The summed E-state index contributed by atoms with van der Waals surface area (Å²) in [4.78, 5) is 4.31. The van der Waals surface area contributed by atoms with Crippen LogP contribution in [0.1, 0.15) is 43.8 Å². The number of hydrogen-bond donors (Lipinski definition) is 1. The van der Waals surface area contributed by atoms with Gasteiger partial charge in [0.25, 0.3) is 0 Å². The minimum Gasteiger partial charge on any atom is -0.296 e. The van der Waals surface area contributed by atoms with Crippen LogP contribution in [0, 0.1) is 3.95 Å². The van der Waals surface area contributed by atoms with Crippen LogP contribution in [0.3, 0.4) is 0 Å². The molecule has 0 unspecified atom stereocenters. The minimum atomic E-state index is 0.659. The molecule has 1 fully saturated rings. The second-order valence-corrected chi connectivity index (χ2v) is 4.74. The van der Waals surface area contributed by atoms with Crippen molar-refractivity contribution in [3.8, 4) is 0 Å². The summed E-state index contributed by atoms with van der Waals surface area (Å²) < 4.78 is 3.95. The van der Waals surface area contributed by atoms with Crippen LogP contribution in [-0.4, -0.2) is 9.36 Å². The van der Waals surface area contributed by atoms with E-state index >= 15 is 0 Å². The zero-order valence-electron chi connectivity index (χ0n) is 6.88. The van der Waals surface area contributed by atoms with E-state index in [0.29, 0.717) is 5.92 Å². The standard InChI is InChI=1S/C8H12N2S2/c11-8-9-7(10-12-8)6-4-2-1-3-5-6/h6H,1-5H2,(H,9,10,11). The molecule has 1 aliphatic carbocycles. The van der Waals surface area contributed by atoms with Crippen molar-refractivity contribution < 1.29 is 0 Å². The topological polar surface area (TPSA) is 28.7 Å². The molecule has 1 heterocycles. The molecule has 1 aromatic heterocycles. The Morgan fingerprint density at radius 2 is 2.08 bits per heavy atom. The van der Waals surface area contributed by atoms with Crippen LogP contribution in [0.25, 0.3) is 0 Å². The maximum atomic E-state index is 4.98. The van der Waals surface area contributed by atoms with Crippen LogP contribution >= 0.6 is 23.8 Å². The molecule has 0 aromatic carbocycles. The Morgan fingerprint density at radius 1 is 1.33 bits per heavy atom. The molecule has 4 heteroatoms. The average Bonchev–Trinajstić information content (AvgIpc) is 2.54. The second kappa shape index (κ2) is 3.66. The molecule has 0 atom stereocenters. The van der Waals surface area contributed by atoms with Crippen molar-refractivity contribution in [2.45, 2.75) is 38.0 Å². The van der Waals surface area contributed by atoms with Gasteiger partial charge in [-0.15, -0.1) is 0 Å². The highest BCUT2D eigenvalue weighted by Crippen LogP contribution is 2.30. The van der Waals surface area contributed by atoms with E-state index < -0.39 is 0 Å². The molecular formula is C8H12N2S2. The van der Waals surface area contributed by atoms with Crippen LogP contribution < -0.4 is 0 Å². The molecule has 0 bridgehead atoms. The Kier molecular flexibility index (Phi) is 2.56. The Balaban J connectivity index is 2.13. The predicted molar refractivity (Wildman–Crippen MR) is 53.1 cm³/mol. The molecule has 12 heavy (non-hydrogen) atoms. The number of nitrogens with zero attached hydrogens (tertiary/aromatic N) is 1. The van der Waals surface area contributed by atoms with Gasteiger partial charge in [-0.3, -0.25) is 4.37 Å². The van der Waals surface area contributed by atoms with Crippen molar-refractivity contribution >= 4 is 23.8 Å². The van der Waals surface area contributed by atoms with E-state index in [2.05, 4.69) is 9.36 Å². The molecule has 0 radical (unpaired) electrons. The summed E-state index contributed by atoms with van der Waals surface area (Å²) in [5.41, 5.74) is 0. The van der Waals surface area contributed by atoms with Crippen molar-refractivity contribution in [1.29, 1.82) is 0 Å². The summed E-state index contributed by atoms with van der Waals surface area (Å²) in [7, 11) is 0. The lowest BCUT2D eigenvalue weighted by Crippen LogP contribution is -2.05. The molecular weight excluding hydrogens is 188 g/mol. The van der Waals surface area contributed by atoms with E-state index in [4.69, 9.17) is 12.2 Å². The smallest absolute Gasteiger partial charge is 0.198 e. The van der Waals surface area contributed by atoms with Gasteiger partial charge >= 0.3 is 0 Å². The molecule has 66 valence electrons. The third-order valence-corrected chi connectivity index (χ3v) is 3.36. The van der Waals surface area contributed by atoms with E-state index in [9.17, 15) is 0 Å². The molecule has 0 amide bonds. The van der Waals surface area contributed by atoms with Gasteiger partial charge < -0.3 is 0 Å². The summed E-state index contributed by atoms with van der Waals surface area (Å²) in [6.45, 7) is 0. The SMILES string of the molecule is S=c1nc(C2CCCCC2)[nH]s1.